The molecule has 0 aliphatic rings. The number of ether oxygens (including phenoxy) is 1. The standard InChI is InChI=1S/C13H16BrN3OS/c1-8(2)9-4-5-11(10(14)6-9)18-7-12-15-16-13(19)17(12)3/h4-6,8H,7H2,1-3H3,(H,16,19). The van der Waals surface area contributed by atoms with Gasteiger partial charge in [-0.15, -0.1) is 0 Å². The summed E-state index contributed by atoms with van der Waals surface area (Å²) in [6.45, 7) is 4.71. The van der Waals surface area contributed by atoms with Gasteiger partial charge in [0.1, 0.15) is 12.4 Å². The number of rotatable bonds is 4. The lowest BCUT2D eigenvalue weighted by Crippen LogP contribution is -2.04. The number of hydrogen-bond donors (Lipinski definition) is 1. The van der Waals surface area contributed by atoms with Gasteiger partial charge in [0.25, 0.3) is 0 Å². The molecule has 0 spiro atoms. The van der Waals surface area contributed by atoms with Crippen molar-refractivity contribution in [2.75, 3.05) is 0 Å². The minimum Gasteiger partial charge on any atom is -0.484 e. The summed E-state index contributed by atoms with van der Waals surface area (Å²) in [6.07, 6.45) is 0. The molecule has 0 saturated carbocycles. The Morgan fingerprint density at radius 2 is 2.21 bits per heavy atom. The summed E-state index contributed by atoms with van der Waals surface area (Å²) in [4.78, 5) is 0. The molecule has 0 aliphatic carbocycles. The van der Waals surface area contributed by atoms with Crippen molar-refractivity contribution in [3.8, 4) is 5.75 Å². The molecule has 1 heterocycles. The van der Waals surface area contributed by atoms with Gasteiger partial charge in [0, 0.05) is 7.05 Å². The van der Waals surface area contributed by atoms with Crippen molar-refractivity contribution >= 4 is 28.1 Å². The molecule has 0 saturated heterocycles. The van der Waals surface area contributed by atoms with Crippen LogP contribution in [0.25, 0.3) is 0 Å². The molecule has 1 aromatic carbocycles. The number of hydrogen-bond acceptors (Lipinski definition) is 3. The molecule has 0 bridgehead atoms. The molecule has 0 unspecified atom stereocenters. The van der Waals surface area contributed by atoms with Gasteiger partial charge in [-0.05, 0) is 51.8 Å². The summed E-state index contributed by atoms with van der Waals surface area (Å²) in [6, 6.07) is 6.14. The monoisotopic (exact) mass is 341 g/mol. The van der Waals surface area contributed by atoms with Crippen molar-refractivity contribution in [2.24, 2.45) is 7.05 Å². The highest BCUT2D eigenvalue weighted by atomic mass is 79.9. The number of halogens is 1. The van der Waals surface area contributed by atoms with E-state index in [1.165, 1.54) is 5.56 Å². The third kappa shape index (κ3) is 3.25. The van der Waals surface area contributed by atoms with Gasteiger partial charge in [-0.3, -0.25) is 5.10 Å². The van der Waals surface area contributed by atoms with E-state index in [1.807, 2.05) is 13.1 Å². The fraction of sp³-hybridized carbons (Fsp3) is 0.385. The first-order valence-corrected chi connectivity index (χ1v) is 7.21. The average molecular weight is 342 g/mol. The first kappa shape index (κ1) is 14.3. The molecular weight excluding hydrogens is 326 g/mol. The van der Waals surface area contributed by atoms with Gasteiger partial charge in [0.05, 0.1) is 4.47 Å². The highest BCUT2D eigenvalue weighted by Crippen LogP contribution is 2.29. The molecule has 0 aliphatic heterocycles. The normalized spacial score (nSPS) is 11.0. The van der Waals surface area contributed by atoms with E-state index in [0.29, 0.717) is 17.3 Å². The van der Waals surface area contributed by atoms with Crippen molar-refractivity contribution in [3.05, 3.63) is 38.8 Å². The summed E-state index contributed by atoms with van der Waals surface area (Å²) in [5.74, 6) is 2.07. The van der Waals surface area contributed by atoms with E-state index >= 15 is 0 Å². The Morgan fingerprint density at radius 1 is 1.47 bits per heavy atom. The van der Waals surface area contributed by atoms with Crippen molar-refractivity contribution in [3.63, 3.8) is 0 Å². The molecule has 0 atom stereocenters. The Kier molecular flexibility index (Phi) is 4.42. The zero-order valence-corrected chi connectivity index (χ0v) is 13.5. The van der Waals surface area contributed by atoms with Gasteiger partial charge in [0.15, 0.2) is 10.6 Å². The van der Waals surface area contributed by atoms with Crippen LogP contribution in [0.3, 0.4) is 0 Å². The number of nitrogens with zero attached hydrogens (tertiary/aromatic N) is 2. The van der Waals surface area contributed by atoms with Gasteiger partial charge >= 0.3 is 0 Å². The van der Waals surface area contributed by atoms with E-state index in [4.69, 9.17) is 17.0 Å². The number of H-pyrrole nitrogens is 1. The fourth-order valence-corrected chi connectivity index (χ4v) is 2.31. The molecule has 19 heavy (non-hydrogen) atoms. The second-order valence-corrected chi connectivity index (χ2v) is 5.88. The molecule has 1 aromatic heterocycles. The molecule has 0 radical (unpaired) electrons. The van der Waals surface area contributed by atoms with E-state index in [9.17, 15) is 0 Å². The SMILES string of the molecule is CC(C)c1ccc(OCc2n[nH]c(=S)n2C)c(Br)c1. The topological polar surface area (TPSA) is 42.8 Å². The first-order chi connectivity index (χ1) is 8.99. The summed E-state index contributed by atoms with van der Waals surface area (Å²) < 4.78 is 9.10. The number of aromatic nitrogens is 3. The average Bonchev–Trinajstić information content (AvgIpc) is 2.68. The van der Waals surface area contributed by atoms with Crippen molar-refractivity contribution in [2.45, 2.75) is 26.4 Å². The van der Waals surface area contributed by atoms with Crippen LogP contribution in [0.4, 0.5) is 0 Å². The van der Waals surface area contributed by atoms with E-state index in [0.717, 1.165) is 16.0 Å². The number of benzene rings is 1. The lowest BCUT2D eigenvalue weighted by atomic mass is 10.0. The molecule has 0 amide bonds. The second kappa shape index (κ2) is 5.88. The molecule has 2 aromatic rings. The third-order valence-electron chi connectivity index (χ3n) is 2.95. The van der Waals surface area contributed by atoms with Gasteiger partial charge < -0.3 is 9.30 Å². The maximum Gasteiger partial charge on any atom is 0.194 e. The largest absolute Gasteiger partial charge is 0.484 e. The maximum absolute atomic E-state index is 5.76. The minimum atomic E-state index is 0.378. The number of aromatic amines is 1. The van der Waals surface area contributed by atoms with E-state index in [2.05, 4.69) is 52.1 Å². The van der Waals surface area contributed by atoms with E-state index in [-0.39, 0.29) is 0 Å². The molecule has 1 N–H and O–H groups in total. The first-order valence-electron chi connectivity index (χ1n) is 6.01. The summed E-state index contributed by atoms with van der Waals surface area (Å²) in [5.41, 5.74) is 1.28. The van der Waals surface area contributed by atoms with Gasteiger partial charge in [-0.1, -0.05) is 19.9 Å². The van der Waals surface area contributed by atoms with Crippen molar-refractivity contribution < 1.29 is 4.74 Å². The van der Waals surface area contributed by atoms with E-state index < -0.39 is 0 Å². The number of nitrogens with one attached hydrogen (secondary N) is 1. The van der Waals surface area contributed by atoms with Crippen LogP contribution < -0.4 is 4.74 Å². The lowest BCUT2D eigenvalue weighted by molar-refractivity contribution is 0.289. The van der Waals surface area contributed by atoms with Crippen LogP contribution in [-0.4, -0.2) is 14.8 Å². The van der Waals surface area contributed by atoms with Crippen LogP contribution in [0.15, 0.2) is 22.7 Å². The Labute approximate surface area is 125 Å². The fourth-order valence-electron chi connectivity index (χ4n) is 1.64. The highest BCUT2D eigenvalue weighted by molar-refractivity contribution is 9.10. The smallest absolute Gasteiger partial charge is 0.194 e. The Morgan fingerprint density at radius 3 is 2.74 bits per heavy atom. The van der Waals surface area contributed by atoms with Gasteiger partial charge in [-0.2, -0.15) is 5.10 Å². The van der Waals surface area contributed by atoms with Gasteiger partial charge in [0.2, 0.25) is 0 Å². The van der Waals surface area contributed by atoms with Crippen LogP contribution in [0.1, 0.15) is 31.2 Å². The van der Waals surface area contributed by atoms with E-state index in [1.54, 1.807) is 4.57 Å². The summed E-state index contributed by atoms with van der Waals surface area (Å²) in [7, 11) is 1.86. The zero-order chi connectivity index (χ0) is 14.0. The highest BCUT2D eigenvalue weighted by Gasteiger charge is 2.08. The molecule has 2 rings (SSSR count). The molecule has 4 nitrogen and oxygen atoms in total. The quantitative estimate of drug-likeness (QED) is 0.856. The van der Waals surface area contributed by atoms with Gasteiger partial charge in [-0.25, -0.2) is 0 Å². The lowest BCUT2D eigenvalue weighted by Gasteiger charge is -2.11. The molecular formula is C13H16BrN3OS. The molecule has 102 valence electrons. The van der Waals surface area contributed by atoms with Crippen LogP contribution >= 0.6 is 28.1 Å². The zero-order valence-electron chi connectivity index (χ0n) is 11.1. The Bertz CT molecular complexity index is 633. The summed E-state index contributed by atoms with van der Waals surface area (Å²) in [5, 5.41) is 6.85. The molecule has 0 fully saturated rings. The van der Waals surface area contributed by atoms with Crippen LogP contribution in [0, 0.1) is 4.77 Å². The minimum absolute atomic E-state index is 0.378. The predicted octanol–water partition coefficient (Wildman–Crippen LogP) is 3.94. The Balaban J connectivity index is 2.12. The van der Waals surface area contributed by atoms with Crippen LogP contribution in [-0.2, 0) is 13.7 Å². The maximum atomic E-state index is 5.76. The van der Waals surface area contributed by atoms with Crippen LogP contribution in [0.2, 0.25) is 0 Å². The third-order valence-corrected chi connectivity index (χ3v) is 3.94. The van der Waals surface area contributed by atoms with Crippen LogP contribution in [0.5, 0.6) is 5.75 Å². The second-order valence-electron chi connectivity index (χ2n) is 4.64. The summed E-state index contributed by atoms with van der Waals surface area (Å²) >= 11 is 8.59. The Hall–Kier alpha value is -1.14. The van der Waals surface area contributed by atoms with Crippen molar-refractivity contribution in [1.82, 2.24) is 14.8 Å². The predicted molar refractivity (Wildman–Crippen MR) is 81.0 cm³/mol. The molecule has 6 heteroatoms. The van der Waals surface area contributed by atoms with Crippen molar-refractivity contribution in [1.29, 1.82) is 0 Å².